The van der Waals surface area contributed by atoms with Crippen LogP contribution >= 0.6 is 0 Å². The van der Waals surface area contributed by atoms with Crippen molar-refractivity contribution < 1.29 is 9.26 Å². The second kappa shape index (κ2) is 4.75. The molecule has 1 saturated carbocycles. The van der Waals surface area contributed by atoms with Crippen LogP contribution in [0.2, 0.25) is 0 Å². The number of methoxy groups -OCH3 is 1. The van der Waals surface area contributed by atoms with Crippen LogP contribution in [0.25, 0.3) is 0 Å². The molecule has 2 N–H and O–H groups in total. The molecular weight excluding hydrogens is 242 g/mol. The van der Waals surface area contributed by atoms with Crippen LogP contribution in [-0.4, -0.2) is 17.3 Å². The predicted molar refractivity (Wildman–Crippen MR) is 69.3 cm³/mol. The molecule has 1 atom stereocenters. The first-order chi connectivity index (χ1) is 9.23. The molecule has 1 unspecified atom stereocenters. The van der Waals surface area contributed by atoms with Crippen LogP contribution in [0.4, 0.5) is 0 Å². The quantitative estimate of drug-likeness (QED) is 0.910. The lowest BCUT2D eigenvalue weighted by atomic mass is 9.77. The minimum atomic E-state index is -0.406. The van der Waals surface area contributed by atoms with Crippen LogP contribution in [0.3, 0.4) is 0 Å². The molecule has 1 aliphatic rings. The highest BCUT2D eigenvalue weighted by Crippen LogP contribution is 2.37. The first-order valence-corrected chi connectivity index (χ1v) is 6.44. The van der Waals surface area contributed by atoms with Gasteiger partial charge in [-0.1, -0.05) is 35.5 Å². The van der Waals surface area contributed by atoms with Crippen LogP contribution in [-0.2, 0) is 10.3 Å². The van der Waals surface area contributed by atoms with E-state index in [1.807, 2.05) is 30.3 Å². The van der Waals surface area contributed by atoms with E-state index in [9.17, 15) is 0 Å². The summed E-state index contributed by atoms with van der Waals surface area (Å²) in [6.07, 6.45) is 2.60. The minimum absolute atomic E-state index is 0.342. The summed E-state index contributed by atoms with van der Waals surface area (Å²) < 4.78 is 10.8. The van der Waals surface area contributed by atoms with Gasteiger partial charge >= 0.3 is 0 Å². The van der Waals surface area contributed by atoms with Gasteiger partial charge in [0.15, 0.2) is 11.9 Å². The van der Waals surface area contributed by atoms with Crippen LogP contribution in [0.1, 0.15) is 42.6 Å². The van der Waals surface area contributed by atoms with Gasteiger partial charge in [0.1, 0.15) is 0 Å². The zero-order valence-electron chi connectivity index (χ0n) is 10.9. The Morgan fingerprint density at radius 3 is 2.63 bits per heavy atom. The summed E-state index contributed by atoms with van der Waals surface area (Å²) in [4.78, 5) is 4.42. The fourth-order valence-electron chi connectivity index (χ4n) is 2.33. The Balaban J connectivity index is 1.88. The smallest absolute Gasteiger partial charge is 0.260 e. The molecule has 3 rings (SSSR count). The fraction of sp³-hybridized carbons (Fsp3) is 0.429. The SMILES string of the molecule is COC(c1ccccc1)c1nc(C2(N)CCC2)no1. The van der Waals surface area contributed by atoms with E-state index in [0.29, 0.717) is 11.7 Å². The Bertz CT molecular complexity index is 549. The number of aromatic nitrogens is 2. The van der Waals surface area contributed by atoms with E-state index in [4.69, 9.17) is 15.0 Å². The van der Waals surface area contributed by atoms with Crippen molar-refractivity contribution in [2.75, 3.05) is 7.11 Å². The largest absolute Gasteiger partial charge is 0.367 e. The van der Waals surface area contributed by atoms with Crippen LogP contribution in [0.15, 0.2) is 34.9 Å². The van der Waals surface area contributed by atoms with Crippen LogP contribution < -0.4 is 5.73 Å². The van der Waals surface area contributed by atoms with Crippen molar-refractivity contribution in [3.8, 4) is 0 Å². The summed E-state index contributed by atoms with van der Waals surface area (Å²) in [6.45, 7) is 0. The van der Waals surface area contributed by atoms with Gasteiger partial charge in [-0.15, -0.1) is 0 Å². The monoisotopic (exact) mass is 259 g/mol. The number of ether oxygens (including phenoxy) is 1. The maximum Gasteiger partial charge on any atom is 0.260 e. The first kappa shape index (κ1) is 12.3. The second-order valence-electron chi connectivity index (χ2n) is 4.99. The van der Waals surface area contributed by atoms with Gasteiger partial charge < -0.3 is 15.0 Å². The highest BCUT2D eigenvalue weighted by Gasteiger charge is 2.39. The van der Waals surface area contributed by atoms with Gasteiger partial charge in [0.2, 0.25) is 0 Å². The summed E-state index contributed by atoms with van der Waals surface area (Å²) >= 11 is 0. The van der Waals surface area contributed by atoms with E-state index in [0.717, 1.165) is 24.8 Å². The first-order valence-electron chi connectivity index (χ1n) is 6.44. The molecule has 5 nitrogen and oxygen atoms in total. The van der Waals surface area contributed by atoms with E-state index < -0.39 is 5.54 Å². The molecule has 19 heavy (non-hydrogen) atoms. The number of hydrogen-bond acceptors (Lipinski definition) is 5. The van der Waals surface area contributed by atoms with Crippen molar-refractivity contribution in [3.63, 3.8) is 0 Å². The lowest BCUT2D eigenvalue weighted by Gasteiger charge is -2.34. The van der Waals surface area contributed by atoms with Crippen molar-refractivity contribution >= 4 is 0 Å². The molecule has 1 aromatic carbocycles. The third-order valence-corrected chi connectivity index (χ3v) is 3.70. The van der Waals surface area contributed by atoms with Crippen molar-refractivity contribution in [3.05, 3.63) is 47.6 Å². The van der Waals surface area contributed by atoms with Gasteiger partial charge in [-0.05, 0) is 24.8 Å². The van der Waals surface area contributed by atoms with Crippen molar-refractivity contribution in [1.82, 2.24) is 10.1 Å². The summed E-state index contributed by atoms with van der Waals surface area (Å²) in [5.41, 5.74) is 6.77. The number of benzene rings is 1. The van der Waals surface area contributed by atoms with Gasteiger partial charge in [0, 0.05) is 7.11 Å². The molecule has 1 heterocycles. The fourth-order valence-corrected chi connectivity index (χ4v) is 2.33. The van der Waals surface area contributed by atoms with E-state index in [1.54, 1.807) is 7.11 Å². The molecule has 5 heteroatoms. The average Bonchev–Trinajstić information content (AvgIpc) is 2.88. The standard InChI is InChI=1S/C14H17N3O2/c1-18-11(10-6-3-2-4-7-10)12-16-13(17-19-12)14(15)8-5-9-14/h2-4,6-7,11H,5,8-9,15H2,1H3. The van der Waals surface area contributed by atoms with Gasteiger partial charge in [0.05, 0.1) is 5.54 Å². The highest BCUT2D eigenvalue weighted by atomic mass is 16.5. The topological polar surface area (TPSA) is 74.2 Å². The zero-order chi connectivity index (χ0) is 13.3. The average molecular weight is 259 g/mol. The molecule has 0 aliphatic heterocycles. The number of nitrogens with two attached hydrogens (primary N) is 1. The molecular formula is C14H17N3O2. The molecule has 1 aromatic heterocycles. The highest BCUT2D eigenvalue weighted by molar-refractivity contribution is 5.22. The maximum absolute atomic E-state index is 6.19. The molecule has 1 fully saturated rings. The molecule has 1 aliphatic carbocycles. The number of hydrogen-bond donors (Lipinski definition) is 1. The van der Waals surface area contributed by atoms with Gasteiger partial charge in [-0.3, -0.25) is 0 Å². The van der Waals surface area contributed by atoms with Gasteiger partial charge in [-0.25, -0.2) is 0 Å². The Labute approximate surface area is 111 Å². The Morgan fingerprint density at radius 1 is 1.32 bits per heavy atom. The molecule has 0 bridgehead atoms. The molecule has 0 amide bonds. The summed E-state index contributed by atoms with van der Waals surface area (Å²) in [5.74, 6) is 1.05. The van der Waals surface area contributed by atoms with Gasteiger partial charge in [-0.2, -0.15) is 4.98 Å². The van der Waals surface area contributed by atoms with Crippen LogP contribution in [0, 0.1) is 0 Å². The minimum Gasteiger partial charge on any atom is -0.367 e. The van der Waals surface area contributed by atoms with E-state index >= 15 is 0 Å². The number of rotatable bonds is 4. The molecule has 2 aromatic rings. The molecule has 0 spiro atoms. The van der Waals surface area contributed by atoms with Crippen molar-refractivity contribution in [1.29, 1.82) is 0 Å². The van der Waals surface area contributed by atoms with Crippen molar-refractivity contribution in [2.45, 2.75) is 30.9 Å². The molecule has 0 radical (unpaired) electrons. The van der Waals surface area contributed by atoms with E-state index in [2.05, 4.69) is 10.1 Å². The van der Waals surface area contributed by atoms with E-state index in [-0.39, 0.29) is 6.10 Å². The van der Waals surface area contributed by atoms with E-state index in [1.165, 1.54) is 0 Å². The predicted octanol–water partition coefficient (Wildman–Crippen LogP) is 2.14. The summed E-state index contributed by atoms with van der Waals surface area (Å²) in [7, 11) is 1.63. The Morgan fingerprint density at radius 2 is 2.05 bits per heavy atom. The lowest BCUT2D eigenvalue weighted by Crippen LogP contribution is -2.44. The summed E-state index contributed by atoms with van der Waals surface area (Å²) in [6, 6.07) is 9.81. The lowest BCUT2D eigenvalue weighted by molar-refractivity contribution is 0.105. The molecule has 100 valence electrons. The van der Waals surface area contributed by atoms with Gasteiger partial charge in [0.25, 0.3) is 5.89 Å². The third kappa shape index (κ3) is 2.15. The number of nitrogens with zero attached hydrogens (tertiary/aromatic N) is 2. The Hall–Kier alpha value is -1.72. The summed E-state index contributed by atoms with van der Waals surface area (Å²) in [5, 5.41) is 4.01. The second-order valence-corrected chi connectivity index (χ2v) is 4.99. The normalized spacial score (nSPS) is 18.8. The molecule has 0 saturated heterocycles. The van der Waals surface area contributed by atoms with Crippen molar-refractivity contribution in [2.24, 2.45) is 5.73 Å². The maximum atomic E-state index is 6.19. The third-order valence-electron chi connectivity index (χ3n) is 3.70. The zero-order valence-corrected chi connectivity index (χ0v) is 10.9. The van der Waals surface area contributed by atoms with Crippen LogP contribution in [0.5, 0.6) is 0 Å². The Kier molecular flexibility index (Phi) is 3.08.